The van der Waals surface area contributed by atoms with E-state index in [4.69, 9.17) is 32.3 Å². The zero-order valence-electron chi connectivity index (χ0n) is 67.9. The van der Waals surface area contributed by atoms with E-state index in [0.29, 0.717) is 25.7 Å². The van der Waals surface area contributed by atoms with Crippen LogP contribution in [0, 0.1) is 0 Å². The van der Waals surface area contributed by atoms with Crippen molar-refractivity contribution >= 4 is 33.6 Å². The number of rotatable bonds is 78. The van der Waals surface area contributed by atoms with Gasteiger partial charge in [0.1, 0.15) is 25.4 Å². The van der Waals surface area contributed by atoms with Crippen molar-refractivity contribution in [3.63, 3.8) is 0 Å². The second-order valence-electron chi connectivity index (χ2n) is 27.5. The van der Waals surface area contributed by atoms with Gasteiger partial charge in [-0.15, -0.1) is 0 Å². The molecule has 0 saturated carbocycles. The van der Waals surface area contributed by atoms with Crippen LogP contribution in [0.5, 0.6) is 0 Å². The zero-order valence-corrected chi connectivity index (χ0v) is 69.7. The molecule has 4 N–H and O–H groups in total. The molecule has 16 nitrogen and oxygen atoms in total. The lowest BCUT2D eigenvalue weighted by molar-refractivity contribution is -0.161. The van der Waals surface area contributed by atoms with Gasteiger partial charge in [0, 0.05) is 19.3 Å². The van der Waals surface area contributed by atoms with Crippen LogP contribution in [0.2, 0.25) is 0 Å². The highest BCUT2D eigenvalue weighted by Crippen LogP contribution is 2.45. The monoisotopic (exact) mass is 1560 g/mol. The first kappa shape index (κ1) is 104. The van der Waals surface area contributed by atoms with E-state index in [2.05, 4.69) is 203 Å². The lowest BCUT2D eigenvalue weighted by Gasteiger charge is -2.21. The summed E-state index contributed by atoms with van der Waals surface area (Å²) < 4.78 is 61.3. The number of phosphoric acid groups is 2. The van der Waals surface area contributed by atoms with Crippen LogP contribution in [0.4, 0.5) is 0 Å². The van der Waals surface area contributed by atoms with Crippen LogP contribution in [-0.2, 0) is 55.8 Å². The van der Waals surface area contributed by atoms with Crippen LogP contribution in [0.3, 0.4) is 0 Å². The number of phosphoric ester groups is 2. The average Bonchev–Trinajstić information content (AvgIpc) is 0.904. The molecule has 0 amide bonds. The van der Waals surface area contributed by atoms with Crippen LogP contribution >= 0.6 is 15.6 Å². The minimum absolute atomic E-state index is 0.0404. The van der Waals surface area contributed by atoms with Crippen molar-refractivity contribution < 1.29 is 75.8 Å². The van der Waals surface area contributed by atoms with Crippen LogP contribution in [-0.4, -0.2) is 95.9 Å². The molecular weight excluding hydrogens is 1410 g/mol. The Hall–Kier alpha value is -5.35. The first-order valence-electron chi connectivity index (χ1n) is 42.1. The number of carbonyl (C=O) groups is 3. The van der Waals surface area contributed by atoms with Crippen molar-refractivity contribution in [1.82, 2.24) is 0 Å². The molecule has 0 spiro atoms. The molecule has 0 bridgehead atoms. The molecule has 0 rings (SSSR count). The Kier molecular flexibility index (Phi) is 78.1. The van der Waals surface area contributed by atoms with E-state index in [1.807, 2.05) is 0 Å². The van der Waals surface area contributed by atoms with Crippen molar-refractivity contribution in [2.24, 2.45) is 0 Å². The fourth-order valence-electron chi connectivity index (χ4n) is 10.8. The predicted molar refractivity (Wildman–Crippen MR) is 454 cm³/mol. The Morgan fingerprint density at radius 2 is 0.486 bits per heavy atom. The number of allylic oxidation sites excluding steroid dienone is 30. The van der Waals surface area contributed by atoms with E-state index in [9.17, 15) is 43.5 Å². The standard InChI is InChI=1S/C91H150O16P2/c1-4-7-10-13-16-19-22-25-28-31-34-37-39-40-41-42-43-44-46-49-50-53-56-59-62-65-68-71-74-77-89(94)101-80-86(92)81-103-108(97,98)104-82-87(93)83-105-109(99,100)106-85-88(107-91(96)79-76-73-70-67-64-61-58-55-52-47-36-33-30-27-24-21-18-15-12-9-6-3)84-102-90(95)78-75-72-69-66-63-60-57-54-51-48-45-38-35-32-29-26-23-20-17-14-11-8-5-2/h7,9-10,12,16-21,25-30,34-38,40-41,47-48,51,55,58,64,67,86-88,92-93H,4-6,8,11,13-15,22-24,31-33,39,42-46,49-50,52-54,56-57,59-63,65-66,68-85H2,1-3H3,(H,97,98)(H,99,100)/b10-7-,12-9-,19-16-,20-17-,21-18-,28-25-,29-26-,30-27-,37-34-,38-35-,41-40-,47-36-,51-48-,58-55-,67-64-. The molecule has 0 aliphatic heterocycles. The maximum atomic E-state index is 13.0. The van der Waals surface area contributed by atoms with Crippen LogP contribution in [0.25, 0.3) is 0 Å². The SMILES string of the molecule is CC/C=C\C/C=C\C/C=C\C/C=C\C/C=C\C/C=C\CCCCC(=O)OC(COC(=O)CCCCCCCCC/C=C\C/C=C\C/C=C\C/C=C\CCCCC)COP(=O)(O)OCC(O)COP(=O)(O)OCC(O)COC(=O)CCCCCCCCCCCCCCC/C=C\C/C=C\C/C=C\C/C=C\C/C=C\CC. The topological polar surface area (TPSA) is 231 Å². The van der Waals surface area contributed by atoms with Gasteiger partial charge in [-0.25, -0.2) is 9.13 Å². The fraction of sp³-hybridized carbons (Fsp3) is 0.637. The Morgan fingerprint density at radius 1 is 0.266 bits per heavy atom. The van der Waals surface area contributed by atoms with Gasteiger partial charge in [-0.3, -0.25) is 32.5 Å². The predicted octanol–water partition coefficient (Wildman–Crippen LogP) is 25.3. The van der Waals surface area contributed by atoms with E-state index >= 15 is 0 Å². The molecule has 5 atom stereocenters. The van der Waals surface area contributed by atoms with Gasteiger partial charge in [-0.2, -0.15) is 0 Å². The highest BCUT2D eigenvalue weighted by atomic mass is 31.2. The fourth-order valence-corrected chi connectivity index (χ4v) is 12.3. The summed E-state index contributed by atoms with van der Waals surface area (Å²) in [6.07, 6.45) is 106. The quantitative estimate of drug-likeness (QED) is 0.0146. The molecular formula is C91H150O16P2. The highest BCUT2D eigenvalue weighted by Gasteiger charge is 2.29. The van der Waals surface area contributed by atoms with E-state index in [0.717, 1.165) is 167 Å². The first-order chi connectivity index (χ1) is 53.2. The lowest BCUT2D eigenvalue weighted by Crippen LogP contribution is -2.30. The van der Waals surface area contributed by atoms with E-state index in [-0.39, 0.29) is 19.3 Å². The van der Waals surface area contributed by atoms with Gasteiger partial charge >= 0.3 is 33.6 Å². The van der Waals surface area contributed by atoms with Crippen LogP contribution in [0.15, 0.2) is 182 Å². The second-order valence-corrected chi connectivity index (χ2v) is 30.4. The number of aliphatic hydroxyl groups excluding tert-OH is 2. The van der Waals surface area contributed by atoms with Crippen molar-refractivity contribution in [2.45, 2.75) is 334 Å². The molecule has 0 saturated heterocycles. The van der Waals surface area contributed by atoms with Gasteiger partial charge in [0.05, 0.1) is 26.4 Å². The average molecular weight is 1560 g/mol. The molecule has 0 heterocycles. The number of esters is 3. The van der Waals surface area contributed by atoms with Gasteiger partial charge in [0.15, 0.2) is 6.10 Å². The van der Waals surface area contributed by atoms with Gasteiger partial charge in [-0.1, -0.05) is 319 Å². The number of ether oxygens (including phenoxy) is 3. The summed E-state index contributed by atoms with van der Waals surface area (Å²) in [6.45, 7) is 2.36. The molecule has 0 aromatic heterocycles. The van der Waals surface area contributed by atoms with Crippen LogP contribution in [0.1, 0.15) is 316 Å². The molecule has 0 radical (unpaired) electrons. The molecule has 109 heavy (non-hydrogen) atoms. The Balaban J connectivity index is 4.68. The highest BCUT2D eigenvalue weighted by molar-refractivity contribution is 7.47. The molecule has 18 heteroatoms. The number of unbranched alkanes of at least 4 members (excludes halogenated alkanes) is 25. The molecule has 0 fully saturated rings. The van der Waals surface area contributed by atoms with Crippen molar-refractivity contribution in [2.75, 3.05) is 39.6 Å². The summed E-state index contributed by atoms with van der Waals surface area (Å²) in [5.74, 6) is -1.65. The van der Waals surface area contributed by atoms with Gasteiger partial charge in [0.2, 0.25) is 0 Å². The van der Waals surface area contributed by atoms with E-state index in [1.165, 1.54) is 83.5 Å². The third-order valence-corrected chi connectivity index (χ3v) is 19.0. The molecule has 0 aromatic carbocycles. The molecule has 5 unspecified atom stereocenters. The van der Waals surface area contributed by atoms with E-state index < -0.39 is 91.5 Å². The van der Waals surface area contributed by atoms with Crippen molar-refractivity contribution in [3.05, 3.63) is 182 Å². The minimum Gasteiger partial charge on any atom is -0.463 e. The smallest absolute Gasteiger partial charge is 0.463 e. The van der Waals surface area contributed by atoms with Crippen molar-refractivity contribution in [1.29, 1.82) is 0 Å². The van der Waals surface area contributed by atoms with Crippen molar-refractivity contribution in [3.8, 4) is 0 Å². The molecule has 620 valence electrons. The summed E-state index contributed by atoms with van der Waals surface area (Å²) in [7, 11) is -9.83. The third-order valence-electron chi connectivity index (χ3n) is 17.1. The maximum absolute atomic E-state index is 13.0. The number of hydrogen-bond donors (Lipinski definition) is 4. The second kappa shape index (κ2) is 82.1. The molecule has 0 aliphatic carbocycles. The number of aliphatic hydroxyl groups is 2. The lowest BCUT2D eigenvalue weighted by atomic mass is 10.0. The Labute approximate surface area is 662 Å². The first-order valence-corrected chi connectivity index (χ1v) is 45.1. The van der Waals surface area contributed by atoms with Gasteiger partial charge < -0.3 is 34.2 Å². The van der Waals surface area contributed by atoms with E-state index in [1.54, 1.807) is 0 Å². The van der Waals surface area contributed by atoms with Gasteiger partial charge in [-0.05, 0) is 161 Å². The number of carbonyl (C=O) groups excluding carboxylic acids is 3. The summed E-state index contributed by atoms with van der Waals surface area (Å²) in [4.78, 5) is 58.8. The summed E-state index contributed by atoms with van der Waals surface area (Å²) in [5, 5.41) is 20.7. The normalized spacial score (nSPS) is 14.8. The largest absolute Gasteiger partial charge is 0.472 e. The maximum Gasteiger partial charge on any atom is 0.472 e. The molecule has 0 aromatic rings. The summed E-state index contributed by atoms with van der Waals surface area (Å²) >= 11 is 0. The Bertz CT molecular complexity index is 2710. The number of hydrogen-bond acceptors (Lipinski definition) is 14. The Morgan fingerprint density at radius 3 is 0.789 bits per heavy atom. The van der Waals surface area contributed by atoms with Crippen LogP contribution < -0.4 is 0 Å². The minimum atomic E-state index is -4.96. The third kappa shape index (κ3) is 83.4. The summed E-state index contributed by atoms with van der Waals surface area (Å²) in [5.41, 5.74) is 0. The molecule has 0 aliphatic rings. The zero-order chi connectivity index (χ0) is 79.4. The van der Waals surface area contributed by atoms with Gasteiger partial charge in [0.25, 0.3) is 0 Å². The summed E-state index contributed by atoms with van der Waals surface area (Å²) in [6, 6.07) is 0.